The van der Waals surface area contributed by atoms with E-state index in [4.69, 9.17) is 9.84 Å². The van der Waals surface area contributed by atoms with Crippen LogP contribution in [0.3, 0.4) is 0 Å². The van der Waals surface area contributed by atoms with Gasteiger partial charge in [-0.3, -0.25) is 14.6 Å². The molecule has 1 aromatic rings. The zero-order chi connectivity index (χ0) is 17.3. The van der Waals surface area contributed by atoms with E-state index in [1.807, 2.05) is 13.8 Å². The van der Waals surface area contributed by atoms with E-state index < -0.39 is 0 Å². The molecule has 0 amide bonds. The maximum atomic E-state index is 12.4. The molecule has 2 aliphatic rings. The fourth-order valence-corrected chi connectivity index (χ4v) is 3.20. The number of piperazine rings is 1. The van der Waals surface area contributed by atoms with Crippen LogP contribution >= 0.6 is 0 Å². The third-order valence-corrected chi connectivity index (χ3v) is 4.61. The highest BCUT2D eigenvalue weighted by atomic mass is 16.5. The van der Waals surface area contributed by atoms with Crippen LogP contribution in [0, 0.1) is 0 Å². The molecular weight excluding hydrogens is 308 g/mol. The molecule has 1 fully saturated rings. The van der Waals surface area contributed by atoms with Gasteiger partial charge in [0.2, 0.25) is 5.78 Å². The summed E-state index contributed by atoms with van der Waals surface area (Å²) in [6, 6.07) is 3.21. The summed E-state index contributed by atoms with van der Waals surface area (Å²) >= 11 is 0. The van der Waals surface area contributed by atoms with Gasteiger partial charge in [-0.25, -0.2) is 0 Å². The Labute approximate surface area is 141 Å². The van der Waals surface area contributed by atoms with Gasteiger partial charge in [-0.05, 0) is 31.6 Å². The number of carbonyl (C=O) groups is 1. The molecule has 6 nitrogen and oxygen atoms in total. The zero-order valence-corrected chi connectivity index (χ0v) is 14.2. The Bertz CT molecular complexity index is 672. The van der Waals surface area contributed by atoms with E-state index in [9.17, 15) is 9.90 Å². The highest BCUT2D eigenvalue weighted by Crippen LogP contribution is 2.40. The summed E-state index contributed by atoms with van der Waals surface area (Å²) in [4.78, 5) is 16.8. The maximum absolute atomic E-state index is 12.4. The summed E-state index contributed by atoms with van der Waals surface area (Å²) < 4.78 is 5.79. The quantitative estimate of drug-likeness (QED) is 0.812. The number of ether oxygens (including phenoxy) is 1. The van der Waals surface area contributed by atoms with Gasteiger partial charge in [-0.15, -0.1) is 0 Å². The summed E-state index contributed by atoms with van der Waals surface area (Å²) in [7, 11) is 0. The second-order valence-corrected chi connectivity index (χ2v) is 6.54. The predicted molar refractivity (Wildman–Crippen MR) is 90.2 cm³/mol. The lowest BCUT2D eigenvalue weighted by atomic mass is 10.0. The maximum Gasteiger partial charge on any atom is 0.231 e. The van der Waals surface area contributed by atoms with Crippen LogP contribution in [0.1, 0.15) is 29.8 Å². The second kappa shape index (κ2) is 6.93. The van der Waals surface area contributed by atoms with Crippen LogP contribution in [0.5, 0.6) is 11.5 Å². The van der Waals surface area contributed by atoms with E-state index >= 15 is 0 Å². The molecule has 2 N–H and O–H groups in total. The monoisotopic (exact) mass is 332 g/mol. The van der Waals surface area contributed by atoms with Gasteiger partial charge in [0.15, 0.2) is 5.76 Å². The van der Waals surface area contributed by atoms with Crippen LogP contribution in [0.15, 0.2) is 23.5 Å². The van der Waals surface area contributed by atoms with E-state index in [1.165, 1.54) is 0 Å². The lowest BCUT2D eigenvalue weighted by Gasteiger charge is -2.34. The number of hydrogen-bond acceptors (Lipinski definition) is 6. The first-order valence-electron chi connectivity index (χ1n) is 8.31. The standard InChI is InChI=1S/C18H24N2O4/c1-12(2)17-16(23)13-3-4-15(22)14(18(13)24-17)11-20-7-5-19(6-8-20)9-10-21/h3-4,21-22H,5-11H2,1-2H3. The number of fused-ring (bicyclic) bond motifs is 1. The van der Waals surface area contributed by atoms with Crippen molar-refractivity contribution < 1.29 is 19.7 Å². The fraction of sp³-hybridized carbons (Fsp3) is 0.500. The molecular formula is C18H24N2O4. The SMILES string of the molecule is CC(C)=C1Oc2c(ccc(O)c2CN2CCN(CCO)CC2)C1=O. The normalized spacial score (nSPS) is 18.6. The van der Waals surface area contributed by atoms with E-state index in [2.05, 4.69) is 9.80 Å². The number of ketones is 1. The van der Waals surface area contributed by atoms with Gasteiger partial charge in [0.05, 0.1) is 17.7 Å². The molecule has 0 aromatic heterocycles. The van der Waals surface area contributed by atoms with Crippen molar-refractivity contribution in [1.29, 1.82) is 0 Å². The minimum atomic E-state index is -0.112. The molecule has 24 heavy (non-hydrogen) atoms. The number of aromatic hydroxyl groups is 1. The lowest BCUT2D eigenvalue weighted by Crippen LogP contribution is -2.46. The summed E-state index contributed by atoms with van der Waals surface area (Å²) in [5.41, 5.74) is 2.03. The zero-order valence-electron chi connectivity index (χ0n) is 14.2. The Balaban J connectivity index is 1.79. The summed E-state index contributed by atoms with van der Waals surface area (Å²) in [5.74, 6) is 0.909. The van der Waals surface area contributed by atoms with E-state index in [0.717, 1.165) is 31.8 Å². The van der Waals surface area contributed by atoms with Crippen molar-refractivity contribution in [2.75, 3.05) is 39.3 Å². The van der Waals surface area contributed by atoms with Crippen LogP contribution in [0.2, 0.25) is 0 Å². The predicted octanol–water partition coefficient (Wildman–Crippen LogP) is 1.37. The van der Waals surface area contributed by atoms with Crippen molar-refractivity contribution in [2.45, 2.75) is 20.4 Å². The highest BCUT2D eigenvalue weighted by molar-refractivity contribution is 6.13. The van der Waals surface area contributed by atoms with E-state index in [1.54, 1.807) is 12.1 Å². The largest absolute Gasteiger partial charge is 0.507 e. The molecule has 2 aliphatic heterocycles. The van der Waals surface area contributed by atoms with Crippen molar-refractivity contribution >= 4 is 5.78 Å². The van der Waals surface area contributed by atoms with Gasteiger partial charge < -0.3 is 14.9 Å². The smallest absolute Gasteiger partial charge is 0.231 e. The number of aliphatic hydroxyl groups is 1. The highest BCUT2D eigenvalue weighted by Gasteiger charge is 2.32. The minimum absolute atomic E-state index is 0.112. The molecule has 6 heteroatoms. The van der Waals surface area contributed by atoms with Gasteiger partial charge in [0.25, 0.3) is 0 Å². The van der Waals surface area contributed by atoms with Gasteiger partial charge in [-0.1, -0.05) is 0 Å². The number of nitrogens with zero attached hydrogens (tertiary/aromatic N) is 2. The Morgan fingerprint density at radius 3 is 2.46 bits per heavy atom. The van der Waals surface area contributed by atoms with Crippen molar-refractivity contribution in [2.24, 2.45) is 0 Å². The Morgan fingerprint density at radius 2 is 1.83 bits per heavy atom. The van der Waals surface area contributed by atoms with Crippen LogP contribution in [-0.2, 0) is 6.54 Å². The Hall–Kier alpha value is -1.89. The molecule has 0 saturated carbocycles. The fourth-order valence-electron chi connectivity index (χ4n) is 3.20. The summed E-state index contributed by atoms with van der Waals surface area (Å²) in [6.45, 7) is 8.59. The topological polar surface area (TPSA) is 73.2 Å². The molecule has 1 saturated heterocycles. The minimum Gasteiger partial charge on any atom is -0.507 e. The number of β-amino-alcohol motifs (C(OH)–C–C–N with tert-alkyl or cyclic N) is 1. The van der Waals surface area contributed by atoms with Gasteiger partial charge in [0, 0.05) is 39.3 Å². The molecule has 3 rings (SSSR count). The average Bonchev–Trinajstić information content (AvgIpc) is 2.89. The van der Waals surface area contributed by atoms with Crippen LogP contribution in [0.4, 0.5) is 0 Å². The number of rotatable bonds is 4. The van der Waals surface area contributed by atoms with Crippen molar-refractivity contribution in [3.05, 3.63) is 34.6 Å². The first-order valence-corrected chi connectivity index (χ1v) is 8.31. The molecule has 130 valence electrons. The Kier molecular flexibility index (Phi) is 4.89. The lowest BCUT2D eigenvalue weighted by molar-refractivity contribution is 0.101. The van der Waals surface area contributed by atoms with Crippen molar-refractivity contribution in [3.8, 4) is 11.5 Å². The summed E-state index contributed by atoms with van der Waals surface area (Å²) in [6.07, 6.45) is 0. The molecule has 0 aliphatic carbocycles. The Morgan fingerprint density at radius 1 is 1.17 bits per heavy atom. The summed E-state index contributed by atoms with van der Waals surface area (Å²) in [5, 5.41) is 19.3. The third kappa shape index (κ3) is 3.17. The van der Waals surface area contributed by atoms with Crippen LogP contribution in [0.25, 0.3) is 0 Å². The number of Topliss-reactive ketones (excluding diaryl/α,β-unsaturated/α-hetero) is 1. The molecule has 0 radical (unpaired) electrons. The number of phenolic OH excluding ortho intramolecular Hbond substituents is 1. The second-order valence-electron chi connectivity index (χ2n) is 6.54. The molecule has 0 atom stereocenters. The van der Waals surface area contributed by atoms with Crippen LogP contribution in [-0.4, -0.2) is 65.1 Å². The molecule has 1 aromatic carbocycles. The van der Waals surface area contributed by atoms with Gasteiger partial charge >= 0.3 is 0 Å². The number of benzene rings is 1. The number of hydrogen-bond donors (Lipinski definition) is 2. The number of allylic oxidation sites excluding steroid dienone is 2. The van der Waals surface area contributed by atoms with Crippen molar-refractivity contribution in [3.63, 3.8) is 0 Å². The van der Waals surface area contributed by atoms with E-state index in [0.29, 0.717) is 35.7 Å². The van der Waals surface area contributed by atoms with Crippen LogP contribution < -0.4 is 4.74 Å². The first kappa shape index (κ1) is 17.0. The first-order chi connectivity index (χ1) is 11.5. The molecule has 0 bridgehead atoms. The van der Waals surface area contributed by atoms with Gasteiger partial charge in [0.1, 0.15) is 11.5 Å². The van der Waals surface area contributed by atoms with Crippen molar-refractivity contribution in [1.82, 2.24) is 9.80 Å². The third-order valence-electron chi connectivity index (χ3n) is 4.61. The molecule has 0 spiro atoms. The molecule has 0 unspecified atom stereocenters. The number of aliphatic hydroxyl groups excluding tert-OH is 1. The molecule has 2 heterocycles. The number of phenols is 1. The van der Waals surface area contributed by atoms with Gasteiger partial charge in [-0.2, -0.15) is 0 Å². The average molecular weight is 332 g/mol. The van der Waals surface area contributed by atoms with E-state index in [-0.39, 0.29) is 18.1 Å². The number of carbonyl (C=O) groups excluding carboxylic acids is 1.